The molecule has 1 atom stereocenters. The third kappa shape index (κ3) is 5.22. The average molecular weight is 241 g/mol. The van der Waals surface area contributed by atoms with Gasteiger partial charge in [-0.05, 0) is 27.2 Å². The number of carbonyl (C=O) groups excluding carboxylic acids is 1. The first-order chi connectivity index (χ1) is 7.92. The largest absolute Gasteiger partial charge is 0.444 e. The summed E-state index contributed by atoms with van der Waals surface area (Å²) in [4.78, 5) is 13.5. The van der Waals surface area contributed by atoms with Crippen molar-refractivity contribution in [3.63, 3.8) is 0 Å². The van der Waals surface area contributed by atoms with Gasteiger partial charge in [-0.2, -0.15) is 0 Å². The molecule has 1 saturated heterocycles. The second-order valence-electron chi connectivity index (χ2n) is 5.41. The zero-order chi connectivity index (χ0) is 12.9. The minimum absolute atomic E-state index is 0.219. The summed E-state index contributed by atoms with van der Waals surface area (Å²) in [5, 5.41) is 0. The van der Waals surface area contributed by atoms with Crippen LogP contribution in [-0.2, 0) is 9.47 Å². The Kier molecular flexibility index (Phi) is 5.00. The van der Waals surface area contributed by atoms with Crippen molar-refractivity contribution in [3.05, 3.63) is 12.7 Å². The molecule has 1 amide bonds. The summed E-state index contributed by atoms with van der Waals surface area (Å²) < 4.78 is 10.7. The molecule has 4 nitrogen and oxygen atoms in total. The summed E-state index contributed by atoms with van der Waals surface area (Å²) in [5.74, 6) is 0.419. The lowest BCUT2D eigenvalue weighted by Gasteiger charge is -2.24. The molecule has 0 radical (unpaired) electrons. The fourth-order valence-electron chi connectivity index (χ4n) is 1.78. The molecule has 17 heavy (non-hydrogen) atoms. The Balaban J connectivity index is 2.29. The van der Waals surface area contributed by atoms with E-state index in [1.165, 1.54) is 0 Å². The predicted molar refractivity (Wildman–Crippen MR) is 66.9 cm³/mol. The number of carbonyl (C=O) groups is 1. The van der Waals surface area contributed by atoms with Crippen molar-refractivity contribution >= 4 is 6.09 Å². The molecule has 0 spiro atoms. The third-order valence-corrected chi connectivity index (χ3v) is 2.53. The molecule has 0 bridgehead atoms. The number of amides is 1. The Morgan fingerprint density at radius 2 is 2.24 bits per heavy atom. The van der Waals surface area contributed by atoms with Gasteiger partial charge in [0.25, 0.3) is 0 Å². The van der Waals surface area contributed by atoms with Gasteiger partial charge in [0.05, 0.1) is 13.2 Å². The maximum Gasteiger partial charge on any atom is 0.410 e. The molecule has 1 heterocycles. The topological polar surface area (TPSA) is 38.8 Å². The second-order valence-corrected chi connectivity index (χ2v) is 5.41. The summed E-state index contributed by atoms with van der Waals surface area (Å²) in [6.07, 6.45) is 2.50. The normalized spacial score (nSPS) is 20.4. The quantitative estimate of drug-likeness (QED) is 0.560. The third-order valence-electron chi connectivity index (χ3n) is 2.53. The van der Waals surface area contributed by atoms with Crippen molar-refractivity contribution < 1.29 is 14.3 Å². The predicted octanol–water partition coefficient (Wildman–Crippen LogP) is 2.45. The van der Waals surface area contributed by atoms with E-state index >= 15 is 0 Å². The van der Waals surface area contributed by atoms with Gasteiger partial charge in [0.2, 0.25) is 0 Å². The minimum Gasteiger partial charge on any atom is -0.444 e. The summed E-state index contributed by atoms with van der Waals surface area (Å²) in [6.45, 7) is 12.0. The first-order valence-corrected chi connectivity index (χ1v) is 6.09. The van der Waals surface area contributed by atoms with Crippen LogP contribution in [0.4, 0.5) is 4.79 Å². The van der Waals surface area contributed by atoms with Crippen molar-refractivity contribution in [2.45, 2.75) is 32.8 Å². The Labute approximate surface area is 104 Å². The summed E-state index contributed by atoms with van der Waals surface area (Å²) in [7, 11) is 0. The molecule has 0 unspecified atom stereocenters. The SMILES string of the molecule is C=CCOC[C@H]1CCN(C(=O)OC(C)(C)C)C1. The molecule has 4 heteroatoms. The van der Waals surface area contributed by atoms with Crippen molar-refractivity contribution in [2.24, 2.45) is 5.92 Å². The van der Waals surface area contributed by atoms with Crippen LogP contribution in [0, 0.1) is 5.92 Å². The van der Waals surface area contributed by atoms with Gasteiger partial charge in [0.15, 0.2) is 0 Å². The minimum atomic E-state index is -0.422. The van der Waals surface area contributed by atoms with Crippen LogP contribution in [0.25, 0.3) is 0 Å². The Bertz CT molecular complexity index is 270. The van der Waals surface area contributed by atoms with Crippen molar-refractivity contribution in [3.8, 4) is 0 Å². The zero-order valence-corrected chi connectivity index (χ0v) is 11.1. The van der Waals surface area contributed by atoms with Crippen molar-refractivity contribution in [1.29, 1.82) is 0 Å². The van der Waals surface area contributed by atoms with E-state index in [4.69, 9.17) is 9.47 Å². The van der Waals surface area contributed by atoms with E-state index in [1.807, 2.05) is 20.8 Å². The highest BCUT2D eigenvalue weighted by atomic mass is 16.6. The van der Waals surface area contributed by atoms with E-state index in [0.717, 1.165) is 19.5 Å². The molecule has 1 fully saturated rings. The standard InChI is InChI=1S/C13H23NO3/c1-5-8-16-10-11-6-7-14(9-11)12(15)17-13(2,3)4/h5,11H,1,6-10H2,2-4H3/t11-/m0/s1. The van der Waals surface area contributed by atoms with Gasteiger partial charge in [-0.1, -0.05) is 6.08 Å². The highest BCUT2D eigenvalue weighted by Crippen LogP contribution is 2.19. The van der Waals surface area contributed by atoms with Crippen LogP contribution in [0.3, 0.4) is 0 Å². The fourth-order valence-corrected chi connectivity index (χ4v) is 1.78. The highest BCUT2D eigenvalue weighted by molar-refractivity contribution is 5.68. The molecular weight excluding hydrogens is 218 g/mol. The first kappa shape index (κ1) is 14.0. The summed E-state index contributed by atoms with van der Waals surface area (Å²) >= 11 is 0. The van der Waals surface area contributed by atoms with Gasteiger partial charge < -0.3 is 14.4 Å². The Morgan fingerprint density at radius 3 is 2.82 bits per heavy atom. The van der Waals surface area contributed by atoms with Crippen LogP contribution in [0.15, 0.2) is 12.7 Å². The molecule has 1 aliphatic heterocycles. The van der Waals surface area contributed by atoms with E-state index in [-0.39, 0.29) is 6.09 Å². The molecule has 1 rings (SSSR count). The average Bonchev–Trinajstić information content (AvgIpc) is 2.64. The van der Waals surface area contributed by atoms with Crippen LogP contribution in [-0.4, -0.2) is 42.9 Å². The molecule has 0 aromatic rings. The first-order valence-electron chi connectivity index (χ1n) is 6.09. The Hall–Kier alpha value is -1.03. The van der Waals surface area contributed by atoms with Crippen LogP contribution < -0.4 is 0 Å². The van der Waals surface area contributed by atoms with E-state index in [0.29, 0.717) is 19.1 Å². The van der Waals surface area contributed by atoms with Gasteiger partial charge in [0, 0.05) is 19.0 Å². The monoisotopic (exact) mass is 241 g/mol. The molecule has 0 aromatic heterocycles. The number of likely N-dealkylation sites (tertiary alicyclic amines) is 1. The van der Waals surface area contributed by atoms with Gasteiger partial charge in [-0.15, -0.1) is 6.58 Å². The number of nitrogens with zero attached hydrogens (tertiary/aromatic N) is 1. The maximum absolute atomic E-state index is 11.8. The number of rotatable bonds is 4. The molecule has 0 aromatic carbocycles. The Morgan fingerprint density at radius 1 is 1.53 bits per heavy atom. The van der Waals surface area contributed by atoms with Crippen molar-refractivity contribution in [2.75, 3.05) is 26.3 Å². The summed E-state index contributed by atoms with van der Waals surface area (Å²) in [6, 6.07) is 0. The van der Waals surface area contributed by atoms with Gasteiger partial charge in [0.1, 0.15) is 5.60 Å². The molecule has 0 saturated carbocycles. The van der Waals surface area contributed by atoms with E-state index in [9.17, 15) is 4.79 Å². The van der Waals surface area contributed by atoms with Crippen molar-refractivity contribution in [1.82, 2.24) is 4.90 Å². The lowest BCUT2D eigenvalue weighted by molar-refractivity contribution is 0.0278. The number of hydrogen-bond acceptors (Lipinski definition) is 3. The lowest BCUT2D eigenvalue weighted by atomic mass is 10.1. The maximum atomic E-state index is 11.8. The van der Waals surface area contributed by atoms with Gasteiger partial charge >= 0.3 is 6.09 Å². The van der Waals surface area contributed by atoms with Crippen LogP contribution in [0.1, 0.15) is 27.2 Å². The summed E-state index contributed by atoms with van der Waals surface area (Å²) in [5.41, 5.74) is -0.422. The second kappa shape index (κ2) is 6.05. The molecule has 0 aliphatic carbocycles. The zero-order valence-electron chi connectivity index (χ0n) is 11.1. The van der Waals surface area contributed by atoms with Gasteiger partial charge in [-0.3, -0.25) is 0 Å². The highest BCUT2D eigenvalue weighted by Gasteiger charge is 2.29. The molecule has 1 aliphatic rings. The fraction of sp³-hybridized carbons (Fsp3) is 0.769. The van der Waals surface area contributed by atoms with E-state index in [2.05, 4.69) is 6.58 Å². The van der Waals surface area contributed by atoms with Crippen LogP contribution >= 0.6 is 0 Å². The molecule has 98 valence electrons. The van der Waals surface area contributed by atoms with Crippen LogP contribution in [0.2, 0.25) is 0 Å². The van der Waals surface area contributed by atoms with E-state index < -0.39 is 5.60 Å². The van der Waals surface area contributed by atoms with E-state index in [1.54, 1.807) is 11.0 Å². The smallest absolute Gasteiger partial charge is 0.410 e. The number of hydrogen-bond donors (Lipinski definition) is 0. The number of ether oxygens (including phenoxy) is 2. The molecular formula is C13H23NO3. The lowest BCUT2D eigenvalue weighted by Crippen LogP contribution is -2.35. The van der Waals surface area contributed by atoms with Crippen LogP contribution in [0.5, 0.6) is 0 Å². The van der Waals surface area contributed by atoms with Gasteiger partial charge in [-0.25, -0.2) is 4.79 Å². The molecule has 0 N–H and O–H groups in total.